The number of guanidine groups is 1. The van der Waals surface area contributed by atoms with Crippen LogP contribution in [0.1, 0.15) is 59.0 Å². The van der Waals surface area contributed by atoms with Crippen molar-refractivity contribution in [1.82, 2.24) is 15.5 Å². The summed E-state index contributed by atoms with van der Waals surface area (Å²) in [7, 11) is 0. The number of aliphatic hydroxyl groups is 1. The third-order valence-corrected chi connectivity index (χ3v) is 4.42. The van der Waals surface area contributed by atoms with Gasteiger partial charge < -0.3 is 29.8 Å². The fourth-order valence-corrected chi connectivity index (χ4v) is 2.80. The number of carbonyl (C=O) groups is 1. The number of rotatable bonds is 8. The highest BCUT2D eigenvalue weighted by Gasteiger charge is 2.35. The van der Waals surface area contributed by atoms with E-state index >= 15 is 0 Å². The van der Waals surface area contributed by atoms with Gasteiger partial charge in [-0.3, -0.25) is 0 Å². The van der Waals surface area contributed by atoms with Crippen LogP contribution in [0, 0.1) is 6.92 Å². The number of amides is 1. The zero-order valence-electron chi connectivity index (χ0n) is 18.9. The molecule has 1 aliphatic carbocycles. The molecule has 1 saturated carbocycles. The van der Waals surface area contributed by atoms with Gasteiger partial charge >= 0.3 is 6.09 Å². The monoisotopic (exact) mass is 536 g/mol. The molecule has 1 aliphatic rings. The molecule has 3 N–H and O–H groups in total. The average Bonchev–Trinajstić information content (AvgIpc) is 3.34. The van der Waals surface area contributed by atoms with Gasteiger partial charge in [-0.1, -0.05) is 0 Å². The van der Waals surface area contributed by atoms with Crippen molar-refractivity contribution in [2.75, 3.05) is 26.2 Å². The topological polar surface area (TPSA) is 99.3 Å². The molecule has 0 bridgehead atoms. The number of furan rings is 1. The molecule has 1 atom stereocenters. The summed E-state index contributed by atoms with van der Waals surface area (Å²) < 4.78 is 11.1. The smallest absolute Gasteiger partial charge is 0.410 e. The normalized spacial score (nSPS) is 16.3. The van der Waals surface area contributed by atoms with Crippen LogP contribution < -0.4 is 10.6 Å². The Hall–Kier alpha value is -1.49. The molecule has 0 saturated heterocycles. The molecule has 1 aromatic rings. The van der Waals surface area contributed by atoms with E-state index in [1.165, 1.54) is 0 Å². The summed E-state index contributed by atoms with van der Waals surface area (Å²) in [5, 5.41) is 17.1. The summed E-state index contributed by atoms with van der Waals surface area (Å²) in [6.07, 6.45) is 1.75. The van der Waals surface area contributed by atoms with Crippen LogP contribution in [-0.2, 0) is 10.3 Å². The lowest BCUT2D eigenvalue weighted by molar-refractivity contribution is 0.0238. The molecule has 0 spiro atoms. The molecule has 0 aliphatic heterocycles. The summed E-state index contributed by atoms with van der Waals surface area (Å²) in [5.74, 6) is 1.81. The lowest BCUT2D eigenvalue weighted by Crippen LogP contribution is -2.45. The highest BCUT2D eigenvalue weighted by molar-refractivity contribution is 14.0. The summed E-state index contributed by atoms with van der Waals surface area (Å²) in [4.78, 5) is 18.7. The van der Waals surface area contributed by atoms with Crippen LogP contribution in [0.2, 0.25) is 0 Å². The summed E-state index contributed by atoms with van der Waals surface area (Å²) in [6, 6.07) is 3.84. The fraction of sp³-hybridized carbons (Fsp3) is 0.714. The van der Waals surface area contributed by atoms with Crippen LogP contribution in [0.3, 0.4) is 0 Å². The lowest BCUT2D eigenvalue weighted by atomic mass is 10.0. The van der Waals surface area contributed by atoms with Gasteiger partial charge in [0.05, 0.1) is 6.54 Å². The Morgan fingerprint density at radius 2 is 1.97 bits per heavy atom. The molecule has 0 aromatic carbocycles. The third kappa shape index (κ3) is 8.71. The number of aryl methyl sites for hydroxylation is 1. The number of halogens is 1. The van der Waals surface area contributed by atoms with Crippen molar-refractivity contribution in [2.24, 2.45) is 4.99 Å². The second-order valence-electron chi connectivity index (χ2n) is 8.71. The first-order chi connectivity index (χ1) is 13.5. The fourth-order valence-electron chi connectivity index (χ4n) is 2.80. The van der Waals surface area contributed by atoms with Crippen molar-refractivity contribution < 1.29 is 19.1 Å². The van der Waals surface area contributed by atoms with Crippen LogP contribution in [-0.4, -0.2) is 59.9 Å². The second kappa shape index (κ2) is 11.2. The molecule has 30 heavy (non-hydrogen) atoms. The number of hydrogen-bond donors (Lipinski definition) is 3. The summed E-state index contributed by atoms with van der Waals surface area (Å²) in [6.45, 7) is 13.0. The van der Waals surface area contributed by atoms with Crippen LogP contribution >= 0.6 is 24.0 Å². The van der Waals surface area contributed by atoms with Crippen LogP contribution in [0.25, 0.3) is 0 Å². The van der Waals surface area contributed by atoms with Gasteiger partial charge in [-0.25, -0.2) is 9.79 Å². The number of aliphatic imine (C=N–C) groups is 1. The first kappa shape index (κ1) is 26.5. The molecule has 8 nitrogen and oxygen atoms in total. The van der Waals surface area contributed by atoms with Gasteiger partial charge in [0.1, 0.15) is 22.7 Å². The first-order valence-corrected chi connectivity index (χ1v) is 10.3. The first-order valence-electron chi connectivity index (χ1n) is 10.3. The largest absolute Gasteiger partial charge is 0.463 e. The molecule has 2 rings (SSSR count). The quantitative estimate of drug-likeness (QED) is 0.268. The van der Waals surface area contributed by atoms with Crippen LogP contribution in [0.4, 0.5) is 4.79 Å². The summed E-state index contributed by atoms with van der Waals surface area (Å²) in [5.41, 5.74) is -1.71. The van der Waals surface area contributed by atoms with E-state index in [1.807, 2.05) is 40.7 Å². The Morgan fingerprint density at radius 1 is 1.30 bits per heavy atom. The molecule has 1 unspecified atom stereocenters. The van der Waals surface area contributed by atoms with Gasteiger partial charge in [-0.15, -0.1) is 24.0 Å². The van der Waals surface area contributed by atoms with E-state index < -0.39 is 11.2 Å². The van der Waals surface area contributed by atoms with Crippen molar-refractivity contribution >= 4 is 36.0 Å². The van der Waals surface area contributed by atoms with Gasteiger partial charge in [0.15, 0.2) is 5.96 Å². The number of nitrogens with one attached hydrogen (secondary N) is 2. The van der Waals surface area contributed by atoms with Crippen molar-refractivity contribution in [3.05, 3.63) is 23.7 Å². The van der Waals surface area contributed by atoms with Gasteiger partial charge in [-0.2, -0.15) is 0 Å². The van der Waals surface area contributed by atoms with E-state index in [2.05, 4.69) is 15.6 Å². The van der Waals surface area contributed by atoms with Gasteiger partial charge in [0, 0.05) is 25.7 Å². The Kier molecular flexibility index (Phi) is 9.93. The standard InChI is InChI=1S/C21H36N4O4.HI/c1-7-22-18(24-14-21(6,27)17-11-8-15(2)28-17)23-12-13-25(16-9-10-16)19(26)29-20(3,4)5;/h8,11,16,27H,7,9-10,12-14H2,1-6H3,(H2,22,23,24);1H. The zero-order valence-corrected chi connectivity index (χ0v) is 21.3. The molecule has 0 radical (unpaired) electrons. The Balaban J connectivity index is 0.00000450. The highest BCUT2D eigenvalue weighted by atomic mass is 127. The SMILES string of the molecule is CCNC(=NCC(C)(O)c1ccc(C)o1)NCCN(C(=O)OC(C)(C)C)C1CC1.I. The Morgan fingerprint density at radius 3 is 2.47 bits per heavy atom. The predicted octanol–water partition coefficient (Wildman–Crippen LogP) is 3.37. The number of nitrogens with zero attached hydrogens (tertiary/aromatic N) is 2. The second-order valence-corrected chi connectivity index (χ2v) is 8.71. The van der Waals surface area contributed by atoms with Crippen molar-refractivity contribution in [3.8, 4) is 0 Å². The molecular weight excluding hydrogens is 499 g/mol. The van der Waals surface area contributed by atoms with E-state index in [0.29, 0.717) is 31.4 Å². The third-order valence-electron chi connectivity index (χ3n) is 4.42. The minimum atomic E-state index is -1.20. The van der Waals surface area contributed by atoms with Gasteiger partial charge in [0.2, 0.25) is 0 Å². The lowest BCUT2D eigenvalue weighted by Gasteiger charge is -2.27. The van der Waals surface area contributed by atoms with Crippen molar-refractivity contribution in [3.63, 3.8) is 0 Å². The van der Waals surface area contributed by atoms with E-state index in [4.69, 9.17) is 9.15 Å². The average molecular weight is 536 g/mol. The van der Waals surface area contributed by atoms with Gasteiger partial charge in [0.25, 0.3) is 0 Å². The van der Waals surface area contributed by atoms with Gasteiger partial charge in [-0.05, 0) is 66.5 Å². The maximum atomic E-state index is 12.4. The number of ether oxygens (including phenoxy) is 1. The maximum Gasteiger partial charge on any atom is 0.410 e. The molecule has 1 heterocycles. The molecule has 1 aromatic heterocycles. The minimum Gasteiger partial charge on any atom is -0.463 e. The van der Waals surface area contributed by atoms with Crippen LogP contribution in [0.5, 0.6) is 0 Å². The van der Waals surface area contributed by atoms with E-state index in [0.717, 1.165) is 18.6 Å². The number of hydrogen-bond acceptors (Lipinski definition) is 5. The zero-order chi connectivity index (χ0) is 21.7. The molecule has 1 amide bonds. The van der Waals surface area contributed by atoms with Crippen molar-refractivity contribution in [2.45, 2.75) is 71.6 Å². The minimum absolute atomic E-state index is 0. The number of carbonyl (C=O) groups excluding carboxylic acids is 1. The predicted molar refractivity (Wildman–Crippen MR) is 128 cm³/mol. The highest BCUT2D eigenvalue weighted by Crippen LogP contribution is 2.28. The summed E-state index contributed by atoms with van der Waals surface area (Å²) >= 11 is 0. The molecule has 172 valence electrons. The molecule has 9 heteroatoms. The molecule has 1 fully saturated rings. The van der Waals surface area contributed by atoms with E-state index in [-0.39, 0.29) is 42.7 Å². The Labute approximate surface area is 196 Å². The Bertz CT molecular complexity index is 708. The van der Waals surface area contributed by atoms with E-state index in [1.54, 1.807) is 17.9 Å². The molecular formula is C21H37IN4O4. The maximum absolute atomic E-state index is 12.4. The van der Waals surface area contributed by atoms with Crippen molar-refractivity contribution in [1.29, 1.82) is 0 Å². The van der Waals surface area contributed by atoms with E-state index in [9.17, 15) is 9.90 Å². The van der Waals surface area contributed by atoms with Crippen LogP contribution in [0.15, 0.2) is 21.5 Å².